The van der Waals surface area contributed by atoms with E-state index >= 15 is 0 Å². The number of hydrogen-bond acceptors (Lipinski definition) is 8. The van der Waals surface area contributed by atoms with Crippen LogP contribution in [0.5, 0.6) is 0 Å². The first-order chi connectivity index (χ1) is 9.82. The van der Waals surface area contributed by atoms with Crippen LogP contribution in [0.2, 0.25) is 0 Å². The highest BCUT2D eigenvalue weighted by Crippen LogP contribution is 2.36. The number of nitrogens with two attached hydrogens (primary N) is 1. The maximum absolute atomic E-state index is 14.3. The number of fused-ring (bicyclic) bond motifs is 1. The van der Waals surface area contributed by atoms with Gasteiger partial charge >= 0.3 is 6.08 Å². The Morgan fingerprint density at radius 3 is 2.86 bits per heavy atom. The Bertz CT molecular complexity index is 693. The van der Waals surface area contributed by atoms with Crippen molar-refractivity contribution >= 4 is 17.0 Å². The van der Waals surface area contributed by atoms with Crippen molar-refractivity contribution in [3.05, 3.63) is 12.4 Å². The summed E-state index contributed by atoms with van der Waals surface area (Å²) in [5.41, 5.74) is 5.23. The van der Waals surface area contributed by atoms with Crippen molar-refractivity contribution < 1.29 is 28.8 Å². The van der Waals surface area contributed by atoms with Crippen LogP contribution in [0.25, 0.3) is 11.2 Å². The number of aliphatic hydroxyl groups is 3. The van der Waals surface area contributed by atoms with Crippen molar-refractivity contribution in [2.75, 3.05) is 12.3 Å². The molecule has 0 saturated carbocycles. The third kappa shape index (κ3) is 2.01. The summed E-state index contributed by atoms with van der Waals surface area (Å²) >= 11 is 0. The van der Waals surface area contributed by atoms with E-state index in [1.165, 1.54) is 0 Å². The lowest BCUT2D eigenvalue weighted by molar-refractivity contribution is -0.318. The van der Waals surface area contributed by atoms with E-state index < -0.39 is 37.0 Å². The molecule has 3 rings (SSSR count). The van der Waals surface area contributed by atoms with Gasteiger partial charge in [-0.1, -0.05) is 0 Å². The van der Waals surface area contributed by atoms with Gasteiger partial charge in [-0.15, -0.1) is 0 Å². The highest BCUT2D eigenvalue weighted by Gasteiger charge is 2.53. The lowest BCUT2D eigenvalue weighted by Gasteiger charge is -2.39. The van der Waals surface area contributed by atoms with E-state index in [-0.39, 0.29) is 17.0 Å². The fraction of sp³-hybridized carbons (Fsp3) is 0.500. The van der Waals surface area contributed by atoms with Gasteiger partial charge in [0.1, 0.15) is 12.2 Å². The smallest absolute Gasteiger partial charge is 0.312 e. The number of nitrogens with zero attached hydrogens (tertiary/aromatic N) is 4. The molecule has 2 aromatic heterocycles. The zero-order chi connectivity index (χ0) is 15.4. The fourth-order valence-corrected chi connectivity index (χ4v) is 2.17. The molecule has 0 aliphatic carbocycles. The van der Waals surface area contributed by atoms with Crippen molar-refractivity contribution in [3.63, 3.8) is 0 Å². The maximum Gasteiger partial charge on any atom is 0.312 e. The lowest BCUT2D eigenvalue weighted by atomic mass is 10.0. The molecule has 21 heavy (non-hydrogen) atoms. The normalized spacial score (nSPS) is 33.5. The van der Waals surface area contributed by atoms with E-state index in [1.54, 1.807) is 0 Å². The minimum absolute atomic E-state index is 0.0172. The number of rotatable bonds is 1. The molecule has 0 aromatic carbocycles. The number of halogens is 2. The first kappa shape index (κ1) is 14.0. The van der Waals surface area contributed by atoms with Crippen molar-refractivity contribution in [3.8, 4) is 0 Å². The van der Waals surface area contributed by atoms with E-state index in [2.05, 4.69) is 15.0 Å². The molecule has 5 N–H and O–H groups in total. The van der Waals surface area contributed by atoms with Gasteiger partial charge in [-0.3, -0.25) is 4.57 Å². The second-order valence-electron chi connectivity index (χ2n) is 4.63. The van der Waals surface area contributed by atoms with Crippen LogP contribution in [0.1, 0.15) is 6.23 Å². The summed E-state index contributed by atoms with van der Waals surface area (Å²) in [6, 6.07) is 0. The van der Waals surface area contributed by atoms with Gasteiger partial charge in [0.2, 0.25) is 0 Å². The molecule has 114 valence electrons. The van der Waals surface area contributed by atoms with Gasteiger partial charge in [0, 0.05) is 0 Å². The maximum atomic E-state index is 14.3. The number of anilines is 1. The molecule has 0 spiro atoms. The Morgan fingerprint density at radius 1 is 1.43 bits per heavy atom. The van der Waals surface area contributed by atoms with E-state index in [9.17, 15) is 24.1 Å². The number of hydrogen-bond donors (Lipinski definition) is 4. The van der Waals surface area contributed by atoms with Crippen molar-refractivity contribution in [1.29, 1.82) is 0 Å². The average Bonchev–Trinajstić information content (AvgIpc) is 2.80. The Kier molecular flexibility index (Phi) is 3.02. The Hall–Kier alpha value is -1.95. The minimum atomic E-state index is -3.33. The van der Waals surface area contributed by atoms with Crippen LogP contribution in [0.3, 0.4) is 0 Å². The molecule has 1 aliphatic heterocycles. The zero-order valence-corrected chi connectivity index (χ0v) is 10.4. The van der Waals surface area contributed by atoms with Gasteiger partial charge in [-0.05, 0) is 0 Å². The monoisotopic (exact) mass is 303 g/mol. The Balaban J connectivity index is 2.12. The zero-order valence-electron chi connectivity index (χ0n) is 10.4. The van der Waals surface area contributed by atoms with E-state index in [1.807, 2.05) is 0 Å². The van der Waals surface area contributed by atoms with Crippen LogP contribution in [0.15, 0.2) is 6.33 Å². The Morgan fingerprint density at radius 2 is 2.14 bits per heavy atom. The van der Waals surface area contributed by atoms with Gasteiger partial charge in [0.25, 0.3) is 5.85 Å². The summed E-state index contributed by atoms with van der Waals surface area (Å²) in [6.45, 7) is -0.444. The van der Waals surface area contributed by atoms with Crippen LogP contribution in [0, 0.1) is 6.08 Å². The van der Waals surface area contributed by atoms with Gasteiger partial charge in [-0.25, -0.2) is 9.37 Å². The van der Waals surface area contributed by atoms with Gasteiger partial charge in [0.15, 0.2) is 23.2 Å². The van der Waals surface area contributed by atoms with E-state index in [0.717, 1.165) is 10.9 Å². The summed E-state index contributed by atoms with van der Waals surface area (Å²) in [5.74, 6) is -3.60. The predicted molar refractivity (Wildman–Crippen MR) is 62.8 cm³/mol. The molecule has 2 aromatic rings. The van der Waals surface area contributed by atoms with Crippen LogP contribution in [0.4, 0.5) is 14.6 Å². The number of nitrogen functional groups attached to an aromatic ring is 1. The van der Waals surface area contributed by atoms with Gasteiger partial charge in [-0.2, -0.15) is 14.4 Å². The first-order valence-corrected chi connectivity index (χ1v) is 5.87. The summed E-state index contributed by atoms with van der Waals surface area (Å²) < 4.78 is 33.3. The number of imidazole rings is 1. The van der Waals surface area contributed by atoms with E-state index in [0.29, 0.717) is 0 Å². The molecule has 1 saturated heterocycles. The van der Waals surface area contributed by atoms with Crippen LogP contribution >= 0.6 is 0 Å². The highest BCUT2D eigenvalue weighted by atomic mass is 19.2. The molecule has 1 aliphatic rings. The molecule has 0 bridgehead atoms. The second-order valence-corrected chi connectivity index (χ2v) is 4.63. The second kappa shape index (κ2) is 4.53. The summed E-state index contributed by atoms with van der Waals surface area (Å²) in [7, 11) is 0. The fourth-order valence-electron chi connectivity index (χ4n) is 2.17. The summed E-state index contributed by atoms with van der Waals surface area (Å²) in [4.78, 5) is 10.5. The number of aromatic nitrogens is 4. The third-order valence-electron chi connectivity index (χ3n) is 3.22. The van der Waals surface area contributed by atoms with Crippen molar-refractivity contribution in [1.82, 2.24) is 19.5 Å². The van der Waals surface area contributed by atoms with E-state index in [4.69, 9.17) is 10.5 Å². The molecule has 0 radical (unpaired) electrons. The van der Waals surface area contributed by atoms with Crippen molar-refractivity contribution in [2.45, 2.75) is 24.3 Å². The standard InChI is InChI=1S/C10H11F2N5O4/c11-9-15-6(13)4-7(16-9)17(2-14-4)8-10(12,20)5(19)3(18)1-21-8/h2-3,5,8,18-20H,1H2,(H2,13,15,16)/t3-,5-,8-,10+/m1/s1. The quantitative estimate of drug-likeness (QED) is 0.465. The number of alkyl halides is 1. The van der Waals surface area contributed by atoms with Crippen LogP contribution in [-0.2, 0) is 4.74 Å². The van der Waals surface area contributed by atoms with Gasteiger partial charge < -0.3 is 25.8 Å². The highest BCUT2D eigenvalue weighted by molar-refractivity contribution is 5.81. The SMILES string of the molecule is Nc1nc(F)nc2c1ncn2[C@@H]1OC[C@@H](O)[C@@H](O)[C@@]1(O)F. The molecule has 4 atom stereocenters. The molecular formula is C10H11F2N5O4. The lowest BCUT2D eigenvalue weighted by Crippen LogP contribution is -2.57. The molecule has 3 heterocycles. The van der Waals surface area contributed by atoms with Crippen LogP contribution < -0.4 is 5.73 Å². The largest absolute Gasteiger partial charge is 0.388 e. The Labute approximate surface area is 115 Å². The minimum Gasteiger partial charge on any atom is -0.388 e. The van der Waals surface area contributed by atoms with Gasteiger partial charge in [0.05, 0.1) is 12.9 Å². The predicted octanol–water partition coefficient (Wildman–Crippen LogP) is -1.54. The summed E-state index contributed by atoms with van der Waals surface area (Å²) in [5, 5.41) is 28.6. The molecule has 0 unspecified atom stereocenters. The molecule has 0 amide bonds. The number of ether oxygens (including phenoxy) is 1. The average molecular weight is 303 g/mol. The number of aliphatic hydroxyl groups excluding tert-OH is 2. The third-order valence-corrected chi connectivity index (χ3v) is 3.22. The molecular weight excluding hydrogens is 292 g/mol. The molecule has 11 heteroatoms. The van der Waals surface area contributed by atoms with Crippen molar-refractivity contribution in [2.24, 2.45) is 0 Å². The summed E-state index contributed by atoms with van der Waals surface area (Å²) in [6.07, 6.45) is -5.66. The first-order valence-electron chi connectivity index (χ1n) is 5.87. The molecule has 1 fully saturated rings. The topological polar surface area (TPSA) is 140 Å². The molecule has 9 nitrogen and oxygen atoms in total. The van der Waals surface area contributed by atoms with Crippen LogP contribution in [-0.4, -0.2) is 59.5 Å².